The van der Waals surface area contributed by atoms with Gasteiger partial charge in [0.2, 0.25) is 0 Å². The number of hydrogen-bond acceptors (Lipinski definition) is 5. The van der Waals surface area contributed by atoms with Crippen molar-refractivity contribution in [3.63, 3.8) is 0 Å². The van der Waals surface area contributed by atoms with Crippen molar-refractivity contribution in [2.45, 2.75) is 54.9 Å². The Hall–Kier alpha value is -1.99. The lowest BCUT2D eigenvalue weighted by atomic mass is 9.48. The van der Waals surface area contributed by atoms with E-state index in [9.17, 15) is 5.11 Å². The van der Waals surface area contributed by atoms with Crippen molar-refractivity contribution < 1.29 is 14.6 Å². The van der Waals surface area contributed by atoms with Gasteiger partial charge in [-0.1, -0.05) is 6.07 Å². The van der Waals surface area contributed by atoms with E-state index in [4.69, 9.17) is 20.9 Å². The summed E-state index contributed by atoms with van der Waals surface area (Å²) in [6.45, 7) is 0.957. The molecule has 2 aliphatic carbocycles. The number of phenols is 1. The van der Waals surface area contributed by atoms with E-state index in [2.05, 4.69) is 16.9 Å². The molecule has 2 bridgehead atoms. The van der Waals surface area contributed by atoms with Crippen LogP contribution in [0, 0.1) is 0 Å². The monoisotopic (exact) mass is 358 g/mol. The van der Waals surface area contributed by atoms with Crippen LogP contribution in [0.4, 0.5) is 0 Å². The van der Waals surface area contributed by atoms with E-state index in [1.165, 1.54) is 5.56 Å². The predicted molar refractivity (Wildman–Crippen MR) is 97.5 cm³/mol. The molecule has 1 saturated carbocycles. The minimum atomic E-state index is -0.355. The van der Waals surface area contributed by atoms with Crippen LogP contribution in [-0.4, -0.2) is 60.5 Å². The van der Waals surface area contributed by atoms with Gasteiger partial charge in [-0.05, 0) is 50.9 Å². The number of hydrogen-bond donors (Lipinski definition) is 3. The molecule has 2 aliphatic heterocycles. The molecule has 5 N–H and O–H groups in total. The first-order valence-corrected chi connectivity index (χ1v) is 9.31. The number of rotatable bonds is 2. The summed E-state index contributed by atoms with van der Waals surface area (Å²) in [6.07, 6.45) is 3.24. The van der Waals surface area contributed by atoms with Gasteiger partial charge in [0.15, 0.2) is 17.5 Å². The number of guanidine groups is 1. The Balaban J connectivity index is 1.80. The molecule has 1 aromatic carbocycles. The molecule has 1 aromatic rings. The molecular weight excluding hydrogens is 332 g/mol. The highest BCUT2D eigenvalue weighted by atomic mass is 16.5. The molecule has 5 atom stereocenters. The molecule has 0 radical (unpaired) electrons. The third-order valence-corrected chi connectivity index (χ3v) is 7.34. The van der Waals surface area contributed by atoms with Crippen LogP contribution in [0.1, 0.15) is 30.4 Å². The maximum absolute atomic E-state index is 10.5. The first-order chi connectivity index (χ1) is 12.4. The van der Waals surface area contributed by atoms with Crippen LogP contribution in [0.15, 0.2) is 17.1 Å². The van der Waals surface area contributed by atoms with E-state index in [-0.39, 0.29) is 40.9 Å². The Morgan fingerprint density at radius 3 is 2.92 bits per heavy atom. The first kappa shape index (κ1) is 16.2. The van der Waals surface area contributed by atoms with Gasteiger partial charge in [-0.15, -0.1) is 0 Å². The van der Waals surface area contributed by atoms with Crippen molar-refractivity contribution in [2.24, 2.45) is 16.5 Å². The fourth-order valence-corrected chi connectivity index (χ4v) is 6.44. The molecule has 0 amide bonds. The van der Waals surface area contributed by atoms with E-state index in [0.717, 1.165) is 37.8 Å². The summed E-state index contributed by atoms with van der Waals surface area (Å²) < 4.78 is 12.8. The average molecular weight is 358 g/mol. The lowest BCUT2D eigenvalue weighted by Crippen LogP contribution is -2.77. The zero-order valence-electron chi connectivity index (χ0n) is 15.2. The van der Waals surface area contributed by atoms with Crippen LogP contribution in [0.2, 0.25) is 0 Å². The van der Waals surface area contributed by atoms with Crippen molar-refractivity contribution in [1.29, 1.82) is 0 Å². The molecule has 1 spiro atoms. The van der Waals surface area contributed by atoms with E-state index >= 15 is 0 Å². The summed E-state index contributed by atoms with van der Waals surface area (Å²) in [5, 5.41) is 10.5. The number of likely N-dealkylation sites (tertiary alicyclic amines) is 1. The van der Waals surface area contributed by atoms with Gasteiger partial charge in [-0.2, -0.15) is 0 Å². The molecule has 2 fully saturated rings. The van der Waals surface area contributed by atoms with Gasteiger partial charge < -0.3 is 30.9 Å². The van der Waals surface area contributed by atoms with Crippen LogP contribution in [0.3, 0.4) is 0 Å². The predicted octanol–water partition coefficient (Wildman–Crippen LogP) is 0.472. The maximum atomic E-state index is 10.5. The normalized spacial score (nSPS) is 39.8. The summed E-state index contributed by atoms with van der Waals surface area (Å²) in [7, 11) is 4.00. The Kier molecular flexibility index (Phi) is 3.14. The van der Waals surface area contributed by atoms with E-state index in [0.29, 0.717) is 5.75 Å². The van der Waals surface area contributed by atoms with Gasteiger partial charge in [0.1, 0.15) is 6.10 Å². The molecule has 5 rings (SSSR count). The number of aromatic hydroxyl groups is 1. The Bertz CT molecular complexity index is 808. The van der Waals surface area contributed by atoms with Gasteiger partial charge in [0.05, 0.1) is 17.1 Å². The zero-order valence-corrected chi connectivity index (χ0v) is 15.2. The number of aliphatic imine (C=N–C) groups is 1. The van der Waals surface area contributed by atoms with Crippen LogP contribution >= 0.6 is 0 Å². The number of piperidine rings is 1. The lowest BCUT2D eigenvalue weighted by molar-refractivity contribution is -0.201. The number of nitrogens with two attached hydrogens (primary N) is 2. The smallest absolute Gasteiger partial charge is 0.186 e. The molecular formula is C19H26N4O3. The fraction of sp³-hybridized carbons (Fsp3) is 0.632. The van der Waals surface area contributed by atoms with Gasteiger partial charge >= 0.3 is 0 Å². The van der Waals surface area contributed by atoms with Gasteiger partial charge in [-0.3, -0.25) is 0 Å². The van der Waals surface area contributed by atoms with Crippen molar-refractivity contribution >= 4 is 5.96 Å². The largest absolute Gasteiger partial charge is 0.504 e. The highest BCUT2D eigenvalue weighted by Crippen LogP contribution is 2.66. The summed E-state index contributed by atoms with van der Waals surface area (Å²) in [5.74, 6) is 0.883. The summed E-state index contributed by atoms with van der Waals surface area (Å²) in [6, 6.07) is 3.92. The number of ether oxygens (including phenoxy) is 2. The quantitative estimate of drug-likeness (QED) is 0.524. The Morgan fingerprint density at radius 1 is 1.38 bits per heavy atom. The van der Waals surface area contributed by atoms with Crippen LogP contribution in [0.25, 0.3) is 0 Å². The standard InChI is InChI=1S/C19H26N4O3/c1-23-8-7-18-14-10-3-4-12(24)15(14)26-16(18)11(22-17(20)21)5-6-19(18,25-2)13(23)9-10/h3-4,11,13,16,24H,5-9H2,1-2H3,(H4,20,21,22)/t11?,13-,16?,18+,19-/m1/s1. The van der Waals surface area contributed by atoms with Gasteiger partial charge in [-0.25, -0.2) is 4.99 Å². The summed E-state index contributed by atoms with van der Waals surface area (Å²) in [4.78, 5) is 6.92. The van der Waals surface area contributed by atoms with E-state index in [1.807, 2.05) is 13.2 Å². The number of nitrogens with zero attached hydrogens (tertiary/aromatic N) is 2. The first-order valence-electron chi connectivity index (χ1n) is 9.31. The van der Waals surface area contributed by atoms with E-state index < -0.39 is 0 Å². The minimum absolute atomic E-state index is 0.0839. The molecule has 26 heavy (non-hydrogen) atoms. The van der Waals surface area contributed by atoms with Crippen LogP contribution in [-0.2, 0) is 16.6 Å². The number of likely N-dealkylation sites (N-methyl/N-ethyl adjacent to an activating group) is 1. The molecule has 4 aliphatic rings. The third-order valence-electron chi connectivity index (χ3n) is 7.34. The van der Waals surface area contributed by atoms with Crippen LogP contribution < -0.4 is 16.2 Å². The minimum Gasteiger partial charge on any atom is -0.504 e. The van der Waals surface area contributed by atoms with Crippen molar-refractivity contribution in [2.75, 3.05) is 20.7 Å². The maximum Gasteiger partial charge on any atom is 0.186 e. The van der Waals surface area contributed by atoms with Crippen molar-refractivity contribution in [3.05, 3.63) is 23.3 Å². The second-order valence-electron chi connectivity index (χ2n) is 8.16. The SMILES string of the molecule is CO[C@@]12CCC(N=C(N)N)C3Oc4c(O)ccc5c4[C@@]31CCN(C)[C@@H]2C5. The fourth-order valence-electron chi connectivity index (χ4n) is 6.44. The zero-order chi connectivity index (χ0) is 18.3. The third kappa shape index (κ3) is 1.64. The lowest BCUT2D eigenvalue weighted by Gasteiger charge is -2.64. The second kappa shape index (κ2) is 5.04. The highest BCUT2D eigenvalue weighted by molar-refractivity contribution is 5.76. The average Bonchev–Trinajstić information content (AvgIpc) is 2.97. The molecule has 2 unspecified atom stereocenters. The molecule has 0 aromatic heterocycles. The topological polar surface area (TPSA) is 106 Å². The highest BCUT2D eigenvalue weighted by Gasteiger charge is 2.73. The Labute approximate surface area is 153 Å². The van der Waals surface area contributed by atoms with Gasteiger partial charge in [0.25, 0.3) is 0 Å². The molecule has 140 valence electrons. The van der Waals surface area contributed by atoms with E-state index in [1.54, 1.807) is 6.07 Å². The number of benzene rings is 1. The molecule has 7 nitrogen and oxygen atoms in total. The van der Waals surface area contributed by atoms with Crippen molar-refractivity contribution in [1.82, 2.24) is 4.90 Å². The van der Waals surface area contributed by atoms with Crippen molar-refractivity contribution in [3.8, 4) is 11.5 Å². The summed E-state index contributed by atoms with van der Waals surface area (Å²) in [5.41, 5.74) is 13.1. The molecule has 2 heterocycles. The Morgan fingerprint density at radius 2 is 2.19 bits per heavy atom. The number of methoxy groups -OCH3 is 1. The molecule has 1 saturated heterocycles. The van der Waals surface area contributed by atoms with Gasteiger partial charge in [0, 0.05) is 18.7 Å². The second-order valence-corrected chi connectivity index (χ2v) is 8.16. The summed E-state index contributed by atoms with van der Waals surface area (Å²) >= 11 is 0. The van der Waals surface area contributed by atoms with Crippen LogP contribution in [0.5, 0.6) is 11.5 Å². The number of phenolic OH excluding ortho intramolecular Hbond substituents is 1. The molecule has 7 heteroatoms.